The Morgan fingerprint density at radius 1 is 1.29 bits per heavy atom. The van der Waals surface area contributed by atoms with Crippen molar-refractivity contribution >= 4 is 6.09 Å². The summed E-state index contributed by atoms with van der Waals surface area (Å²) in [7, 11) is 2.08. The fourth-order valence-corrected chi connectivity index (χ4v) is 2.32. The molecular weight excluding hydrogens is 218 g/mol. The lowest BCUT2D eigenvalue weighted by Crippen LogP contribution is -2.48. The van der Waals surface area contributed by atoms with E-state index >= 15 is 0 Å². The highest BCUT2D eigenvalue weighted by Crippen LogP contribution is 2.08. The Morgan fingerprint density at radius 2 is 2.06 bits per heavy atom. The minimum atomic E-state index is -0.148. The molecule has 2 aliphatic heterocycles. The highest BCUT2D eigenvalue weighted by atomic mass is 16.6. The molecule has 1 N–H and O–H groups in total. The lowest BCUT2D eigenvalue weighted by molar-refractivity contribution is 0.0722. The molecule has 0 radical (unpaired) electrons. The van der Waals surface area contributed by atoms with E-state index in [9.17, 15) is 4.79 Å². The Hall–Kier alpha value is -0.810. The number of hydrogen-bond acceptors (Lipinski definition) is 4. The molecular formula is C12H23N3O2. The van der Waals surface area contributed by atoms with Crippen molar-refractivity contribution in [3.05, 3.63) is 0 Å². The minimum Gasteiger partial charge on any atom is -0.448 e. The summed E-state index contributed by atoms with van der Waals surface area (Å²) in [6.45, 7) is 5.02. The summed E-state index contributed by atoms with van der Waals surface area (Å²) in [5.41, 5.74) is 0. The average molecular weight is 241 g/mol. The number of carbonyl (C=O) groups is 1. The second-order valence-corrected chi connectivity index (χ2v) is 5.01. The van der Waals surface area contributed by atoms with Crippen LogP contribution in [0.1, 0.15) is 19.3 Å². The van der Waals surface area contributed by atoms with Gasteiger partial charge >= 0.3 is 6.09 Å². The van der Waals surface area contributed by atoms with E-state index in [1.54, 1.807) is 0 Å². The summed E-state index contributed by atoms with van der Waals surface area (Å²) in [4.78, 5) is 15.8. The SMILES string of the molecule is CN1CCN(C(=O)OC[C@@H]2CCCCN2)CC1. The van der Waals surface area contributed by atoms with Crippen LogP contribution in [0, 0.1) is 0 Å². The van der Waals surface area contributed by atoms with Crippen molar-refractivity contribution < 1.29 is 9.53 Å². The second kappa shape index (κ2) is 6.21. The topological polar surface area (TPSA) is 44.8 Å². The van der Waals surface area contributed by atoms with Gasteiger partial charge in [-0.25, -0.2) is 4.79 Å². The first-order valence-corrected chi connectivity index (χ1v) is 6.59. The van der Waals surface area contributed by atoms with Gasteiger partial charge in [0.25, 0.3) is 0 Å². The third-order valence-electron chi connectivity index (χ3n) is 3.58. The molecule has 2 saturated heterocycles. The number of likely N-dealkylation sites (N-methyl/N-ethyl adjacent to an activating group) is 1. The van der Waals surface area contributed by atoms with Crippen LogP contribution in [-0.2, 0) is 4.74 Å². The molecule has 98 valence electrons. The van der Waals surface area contributed by atoms with Gasteiger partial charge in [-0.2, -0.15) is 0 Å². The van der Waals surface area contributed by atoms with E-state index in [-0.39, 0.29) is 6.09 Å². The van der Waals surface area contributed by atoms with Gasteiger partial charge < -0.3 is 19.9 Å². The monoisotopic (exact) mass is 241 g/mol. The van der Waals surface area contributed by atoms with Crippen molar-refractivity contribution in [2.45, 2.75) is 25.3 Å². The summed E-state index contributed by atoms with van der Waals surface area (Å²) in [5, 5.41) is 3.38. The molecule has 0 aromatic rings. The number of ether oxygens (including phenoxy) is 1. The van der Waals surface area contributed by atoms with Crippen LogP contribution < -0.4 is 5.32 Å². The van der Waals surface area contributed by atoms with E-state index in [1.165, 1.54) is 12.8 Å². The molecule has 2 fully saturated rings. The van der Waals surface area contributed by atoms with Crippen LogP contribution >= 0.6 is 0 Å². The molecule has 0 unspecified atom stereocenters. The zero-order valence-corrected chi connectivity index (χ0v) is 10.7. The van der Waals surface area contributed by atoms with Crippen LogP contribution in [0.15, 0.2) is 0 Å². The Kier molecular flexibility index (Phi) is 4.62. The van der Waals surface area contributed by atoms with Crippen LogP contribution in [-0.4, -0.2) is 68.3 Å². The molecule has 5 nitrogen and oxygen atoms in total. The number of amides is 1. The quantitative estimate of drug-likeness (QED) is 0.765. The van der Waals surface area contributed by atoms with E-state index in [2.05, 4.69) is 17.3 Å². The highest BCUT2D eigenvalue weighted by Gasteiger charge is 2.21. The number of nitrogens with one attached hydrogen (secondary N) is 1. The molecule has 0 saturated carbocycles. The van der Waals surface area contributed by atoms with Crippen LogP contribution in [0.2, 0.25) is 0 Å². The van der Waals surface area contributed by atoms with Crippen LogP contribution in [0.25, 0.3) is 0 Å². The van der Waals surface area contributed by atoms with Crippen molar-refractivity contribution in [2.24, 2.45) is 0 Å². The van der Waals surface area contributed by atoms with Crippen LogP contribution in [0.5, 0.6) is 0 Å². The number of nitrogens with zero attached hydrogens (tertiary/aromatic N) is 2. The molecule has 2 aliphatic rings. The van der Waals surface area contributed by atoms with Crippen molar-refractivity contribution in [3.63, 3.8) is 0 Å². The van der Waals surface area contributed by atoms with Crippen molar-refractivity contribution in [1.29, 1.82) is 0 Å². The zero-order valence-electron chi connectivity index (χ0n) is 10.7. The lowest BCUT2D eigenvalue weighted by atomic mass is 10.1. The molecule has 5 heteroatoms. The smallest absolute Gasteiger partial charge is 0.409 e. The maximum atomic E-state index is 11.8. The number of piperidine rings is 1. The molecule has 0 aromatic heterocycles. The summed E-state index contributed by atoms with van der Waals surface area (Å²) in [6, 6.07) is 0.361. The fourth-order valence-electron chi connectivity index (χ4n) is 2.32. The first kappa shape index (κ1) is 12.6. The van der Waals surface area contributed by atoms with Gasteiger partial charge in [-0.15, -0.1) is 0 Å². The zero-order chi connectivity index (χ0) is 12.1. The van der Waals surface area contributed by atoms with Gasteiger partial charge in [-0.05, 0) is 26.4 Å². The molecule has 0 spiro atoms. The van der Waals surface area contributed by atoms with Gasteiger partial charge in [0.05, 0.1) is 0 Å². The van der Waals surface area contributed by atoms with Gasteiger partial charge in [-0.3, -0.25) is 0 Å². The number of rotatable bonds is 2. The average Bonchev–Trinajstić information content (AvgIpc) is 2.38. The Morgan fingerprint density at radius 3 is 2.71 bits per heavy atom. The third-order valence-corrected chi connectivity index (χ3v) is 3.58. The molecule has 2 rings (SSSR count). The summed E-state index contributed by atoms with van der Waals surface area (Å²) in [5.74, 6) is 0. The van der Waals surface area contributed by atoms with Crippen molar-refractivity contribution in [3.8, 4) is 0 Å². The summed E-state index contributed by atoms with van der Waals surface area (Å²) < 4.78 is 5.36. The Labute approximate surface area is 103 Å². The molecule has 2 heterocycles. The van der Waals surface area contributed by atoms with Crippen molar-refractivity contribution in [1.82, 2.24) is 15.1 Å². The van der Waals surface area contributed by atoms with Crippen molar-refractivity contribution in [2.75, 3.05) is 46.4 Å². The van der Waals surface area contributed by atoms with E-state index in [0.29, 0.717) is 12.6 Å². The molecule has 17 heavy (non-hydrogen) atoms. The third kappa shape index (κ3) is 3.85. The lowest BCUT2D eigenvalue weighted by Gasteiger charge is -2.32. The molecule has 0 bridgehead atoms. The molecule has 1 atom stereocenters. The summed E-state index contributed by atoms with van der Waals surface area (Å²) in [6.07, 6.45) is 3.45. The van der Waals surface area contributed by atoms with Gasteiger partial charge in [0.15, 0.2) is 0 Å². The maximum Gasteiger partial charge on any atom is 0.409 e. The molecule has 0 aromatic carbocycles. The predicted octanol–water partition coefficient (Wildman–Crippen LogP) is 0.513. The standard InChI is InChI=1S/C12H23N3O2/c1-14-6-8-15(9-7-14)12(16)17-10-11-4-2-3-5-13-11/h11,13H,2-10H2,1H3/t11-/m0/s1. The van der Waals surface area contributed by atoms with Gasteiger partial charge in [0.1, 0.15) is 6.61 Å². The Balaban J connectivity index is 1.66. The largest absolute Gasteiger partial charge is 0.448 e. The van der Waals surface area contributed by atoms with E-state index < -0.39 is 0 Å². The first-order valence-electron chi connectivity index (χ1n) is 6.59. The van der Waals surface area contributed by atoms with E-state index in [4.69, 9.17) is 4.74 Å². The fraction of sp³-hybridized carbons (Fsp3) is 0.917. The normalized spacial score (nSPS) is 26.9. The van der Waals surface area contributed by atoms with Gasteiger partial charge in [0.2, 0.25) is 0 Å². The molecule has 1 amide bonds. The van der Waals surface area contributed by atoms with Crippen LogP contribution in [0.4, 0.5) is 4.79 Å². The number of carbonyl (C=O) groups excluding carboxylic acids is 1. The predicted molar refractivity (Wildman–Crippen MR) is 66.1 cm³/mol. The minimum absolute atomic E-state index is 0.148. The summed E-state index contributed by atoms with van der Waals surface area (Å²) >= 11 is 0. The first-order chi connectivity index (χ1) is 8.25. The van der Waals surface area contributed by atoms with Crippen LogP contribution in [0.3, 0.4) is 0 Å². The van der Waals surface area contributed by atoms with Gasteiger partial charge in [0, 0.05) is 32.2 Å². The maximum absolute atomic E-state index is 11.8. The second-order valence-electron chi connectivity index (χ2n) is 5.01. The molecule has 0 aliphatic carbocycles. The van der Waals surface area contributed by atoms with E-state index in [0.717, 1.165) is 39.1 Å². The Bertz CT molecular complexity index is 246. The van der Waals surface area contributed by atoms with E-state index in [1.807, 2.05) is 4.90 Å². The van der Waals surface area contributed by atoms with Gasteiger partial charge in [-0.1, -0.05) is 6.42 Å². The number of hydrogen-bond donors (Lipinski definition) is 1. The number of piperazine rings is 1. The highest BCUT2D eigenvalue weighted by molar-refractivity contribution is 5.67.